The number of nitrogens with one attached hydrogen (secondary N) is 1. The molecule has 0 saturated heterocycles. The summed E-state index contributed by atoms with van der Waals surface area (Å²) in [6, 6.07) is 7.04. The smallest absolute Gasteiger partial charge is 0.224 e. The second-order valence-electron chi connectivity index (χ2n) is 5.55. The first-order valence-corrected chi connectivity index (χ1v) is 7.37. The van der Waals surface area contributed by atoms with Crippen LogP contribution in [0, 0.1) is 5.82 Å². The van der Waals surface area contributed by atoms with Crippen molar-refractivity contribution in [2.75, 3.05) is 6.54 Å². The third-order valence-electron chi connectivity index (χ3n) is 3.58. The lowest BCUT2D eigenvalue weighted by molar-refractivity contribution is -0.132. The molecule has 1 amide bonds. The maximum absolute atomic E-state index is 13.2. The highest BCUT2D eigenvalue weighted by molar-refractivity contribution is 5.77. The fraction of sp³-hybridized carbons (Fsp3) is 0.562. The monoisotopic (exact) mass is 278 g/mol. The minimum atomic E-state index is -0.244. The van der Waals surface area contributed by atoms with Crippen LogP contribution in [0.1, 0.15) is 38.7 Å². The number of nitrogens with zero attached hydrogens (tertiary/aromatic N) is 1. The Labute approximate surface area is 120 Å². The predicted molar refractivity (Wildman–Crippen MR) is 77.7 cm³/mol. The lowest BCUT2D eigenvalue weighted by Gasteiger charge is -2.24. The van der Waals surface area contributed by atoms with Crippen LogP contribution in [0.5, 0.6) is 0 Å². The molecule has 3 nitrogen and oxygen atoms in total. The molecule has 1 saturated carbocycles. The molecule has 110 valence electrons. The zero-order chi connectivity index (χ0) is 14.5. The van der Waals surface area contributed by atoms with Gasteiger partial charge in [0.05, 0.1) is 0 Å². The topological polar surface area (TPSA) is 32.3 Å². The molecule has 0 radical (unpaired) electrons. The highest BCUT2D eigenvalue weighted by Gasteiger charge is 2.32. The third-order valence-corrected chi connectivity index (χ3v) is 3.58. The number of hydrogen-bond donors (Lipinski definition) is 1. The number of carbonyl (C=O) groups excluding carboxylic acids is 1. The molecule has 0 bridgehead atoms. The fourth-order valence-electron chi connectivity index (χ4n) is 2.44. The van der Waals surface area contributed by atoms with Crippen molar-refractivity contribution in [3.05, 3.63) is 35.6 Å². The Hall–Kier alpha value is -1.42. The fourth-order valence-corrected chi connectivity index (χ4v) is 2.44. The van der Waals surface area contributed by atoms with E-state index in [4.69, 9.17) is 0 Å². The lowest BCUT2D eigenvalue weighted by Crippen LogP contribution is -2.37. The SMILES string of the molecule is CCNC(C)CC(=O)N(Cc1cccc(F)c1)C1CC1. The summed E-state index contributed by atoms with van der Waals surface area (Å²) >= 11 is 0. The lowest BCUT2D eigenvalue weighted by atomic mass is 10.1. The Morgan fingerprint density at radius 1 is 1.50 bits per heavy atom. The van der Waals surface area contributed by atoms with Gasteiger partial charge in [0.2, 0.25) is 5.91 Å². The molecule has 0 spiro atoms. The first-order chi connectivity index (χ1) is 9.60. The van der Waals surface area contributed by atoms with Crippen LogP contribution in [0.3, 0.4) is 0 Å². The summed E-state index contributed by atoms with van der Waals surface area (Å²) in [4.78, 5) is 14.3. The molecule has 1 fully saturated rings. The maximum Gasteiger partial charge on any atom is 0.224 e. The second kappa shape index (κ2) is 6.84. The summed E-state index contributed by atoms with van der Waals surface area (Å²) in [6.07, 6.45) is 2.63. The van der Waals surface area contributed by atoms with Gasteiger partial charge in [0.25, 0.3) is 0 Å². The Morgan fingerprint density at radius 3 is 2.85 bits per heavy atom. The zero-order valence-corrected chi connectivity index (χ0v) is 12.2. The first-order valence-electron chi connectivity index (χ1n) is 7.37. The van der Waals surface area contributed by atoms with Crippen molar-refractivity contribution in [3.8, 4) is 0 Å². The van der Waals surface area contributed by atoms with Crippen LogP contribution in [0.4, 0.5) is 4.39 Å². The van der Waals surface area contributed by atoms with E-state index >= 15 is 0 Å². The molecular weight excluding hydrogens is 255 g/mol. The van der Waals surface area contributed by atoms with Crippen LogP contribution in [0.2, 0.25) is 0 Å². The Balaban J connectivity index is 1.98. The van der Waals surface area contributed by atoms with Crippen LogP contribution >= 0.6 is 0 Å². The molecule has 1 unspecified atom stereocenters. The van der Waals surface area contributed by atoms with Crippen molar-refractivity contribution >= 4 is 5.91 Å². The third kappa shape index (κ3) is 4.30. The van der Waals surface area contributed by atoms with Crippen LogP contribution in [0.25, 0.3) is 0 Å². The van der Waals surface area contributed by atoms with Crippen LogP contribution in [-0.2, 0) is 11.3 Å². The Morgan fingerprint density at radius 2 is 2.25 bits per heavy atom. The average Bonchev–Trinajstić information content (AvgIpc) is 3.20. The van der Waals surface area contributed by atoms with E-state index in [1.807, 2.05) is 24.8 Å². The molecule has 1 aromatic rings. The number of benzene rings is 1. The van der Waals surface area contributed by atoms with Crippen LogP contribution < -0.4 is 5.32 Å². The average molecular weight is 278 g/mol. The summed E-state index contributed by atoms with van der Waals surface area (Å²) in [7, 11) is 0. The van der Waals surface area contributed by atoms with Crippen LogP contribution in [-0.4, -0.2) is 29.4 Å². The highest BCUT2D eigenvalue weighted by atomic mass is 19.1. The van der Waals surface area contributed by atoms with Crippen molar-refractivity contribution in [2.24, 2.45) is 0 Å². The van der Waals surface area contributed by atoms with E-state index in [0.717, 1.165) is 24.9 Å². The van der Waals surface area contributed by atoms with Gasteiger partial charge in [0.1, 0.15) is 5.82 Å². The van der Waals surface area contributed by atoms with Crippen LogP contribution in [0.15, 0.2) is 24.3 Å². The Kier molecular flexibility index (Phi) is 5.12. The van der Waals surface area contributed by atoms with Crippen molar-refractivity contribution in [3.63, 3.8) is 0 Å². The minimum Gasteiger partial charge on any atom is -0.335 e. The molecule has 1 atom stereocenters. The summed E-state index contributed by atoms with van der Waals surface area (Å²) in [5.41, 5.74) is 0.862. The number of hydrogen-bond acceptors (Lipinski definition) is 2. The van der Waals surface area contributed by atoms with Crippen molar-refractivity contribution < 1.29 is 9.18 Å². The van der Waals surface area contributed by atoms with E-state index in [1.165, 1.54) is 12.1 Å². The number of rotatable bonds is 7. The van der Waals surface area contributed by atoms with E-state index in [-0.39, 0.29) is 17.8 Å². The molecule has 1 N–H and O–H groups in total. The molecule has 1 aliphatic rings. The molecule has 2 rings (SSSR count). The van der Waals surface area contributed by atoms with E-state index < -0.39 is 0 Å². The normalized spacial score (nSPS) is 15.9. The maximum atomic E-state index is 13.2. The molecule has 20 heavy (non-hydrogen) atoms. The number of amides is 1. The van der Waals surface area contributed by atoms with E-state index in [0.29, 0.717) is 19.0 Å². The summed E-state index contributed by atoms with van der Waals surface area (Å²) in [5.74, 6) is -0.0862. The molecular formula is C16H23FN2O. The summed E-state index contributed by atoms with van der Waals surface area (Å²) in [5, 5.41) is 3.26. The van der Waals surface area contributed by atoms with Gasteiger partial charge in [-0.3, -0.25) is 4.79 Å². The number of carbonyl (C=O) groups is 1. The highest BCUT2D eigenvalue weighted by Crippen LogP contribution is 2.29. The molecule has 0 aromatic heterocycles. The molecule has 0 heterocycles. The summed E-state index contributed by atoms with van der Waals surface area (Å²) in [6.45, 7) is 5.43. The Bertz CT molecular complexity index is 460. The summed E-state index contributed by atoms with van der Waals surface area (Å²) < 4.78 is 13.2. The minimum absolute atomic E-state index is 0.158. The largest absolute Gasteiger partial charge is 0.335 e. The van der Waals surface area contributed by atoms with Crippen molar-refractivity contribution in [2.45, 2.75) is 51.7 Å². The first kappa shape index (κ1) is 15.0. The van der Waals surface area contributed by atoms with Gasteiger partial charge in [0, 0.05) is 25.0 Å². The molecule has 0 aliphatic heterocycles. The predicted octanol–water partition coefficient (Wildman–Crippen LogP) is 2.70. The van der Waals surface area contributed by atoms with Gasteiger partial charge in [-0.2, -0.15) is 0 Å². The van der Waals surface area contributed by atoms with Gasteiger partial charge in [0.15, 0.2) is 0 Å². The van der Waals surface area contributed by atoms with Gasteiger partial charge in [-0.05, 0) is 44.0 Å². The number of halogens is 1. The standard InChI is InChI=1S/C16H23FN2O/c1-3-18-12(2)9-16(20)19(15-7-8-15)11-13-5-4-6-14(17)10-13/h4-6,10,12,15,18H,3,7-9,11H2,1-2H3. The van der Waals surface area contributed by atoms with Gasteiger partial charge < -0.3 is 10.2 Å². The molecule has 1 aromatic carbocycles. The quantitative estimate of drug-likeness (QED) is 0.831. The van der Waals surface area contributed by atoms with Gasteiger partial charge >= 0.3 is 0 Å². The van der Waals surface area contributed by atoms with Gasteiger partial charge in [-0.15, -0.1) is 0 Å². The van der Waals surface area contributed by atoms with Crippen molar-refractivity contribution in [1.82, 2.24) is 10.2 Å². The zero-order valence-electron chi connectivity index (χ0n) is 12.2. The van der Waals surface area contributed by atoms with E-state index in [2.05, 4.69) is 5.32 Å². The van der Waals surface area contributed by atoms with Gasteiger partial charge in [-0.25, -0.2) is 4.39 Å². The van der Waals surface area contributed by atoms with E-state index in [1.54, 1.807) is 6.07 Å². The van der Waals surface area contributed by atoms with Crippen molar-refractivity contribution in [1.29, 1.82) is 0 Å². The van der Waals surface area contributed by atoms with Gasteiger partial charge in [-0.1, -0.05) is 19.1 Å². The van der Waals surface area contributed by atoms with E-state index in [9.17, 15) is 9.18 Å². The molecule has 1 aliphatic carbocycles. The second-order valence-corrected chi connectivity index (χ2v) is 5.55. The molecule has 4 heteroatoms.